The number of aromatic nitrogens is 1. The SMILES string of the molecule is COc1ccc(CCC(=O)Nc2nc(-c3ccccc3)c(C(C)=O)s2)cc1. The zero-order chi connectivity index (χ0) is 19.2. The Bertz CT molecular complexity index is 934. The molecule has 1 amide bonds. The van der Waals surface area contributed by atoms with Gasteiger partial charge >= 0.3 is 0 Å². The fourth-order valence-electron chi connectivity index (χ4n) is 2.64. The van der Waals surface area contributed by atoms with Crippen LogP contribution in [0, 0.1) is 0 Å². The summed E-state index contributed by atoms with van der Waals surface area (Å²) in [5.41, 5.74) is 2.52. The summed E-state index contributed by atoms with van der Waals surface area (Å²) in [4.78, 5) is 29.2. The molecule has 1 aromatic heterocycles. The molecule has 0 aliphatic heterocycles. The number of ether oxygens (including phenoxy) is 1. The predicted octanol–water partition coefficient (Wildman–Crippen LogP) is 4.59. The molecule has 0 radical (unpaired) electrons. The Morgan fingerprint density at radius 3 is 2.41 bits per heavy atom. The van der Waals surface area contributed by atoms with Gasteiger partial charge in [-0.15, -0.1) is 0 Å². The first-order valence-electron chi connectivity index (χ1n) is 8.57. The summed E-state index contributed by atoms with van der Waals surface area (Å²) in [6, 6.07) is 17.1. The molecule has 5 nitrogen and oxygen atoms in total. The third-order valence-electron chi connectivity index (χ3n) is 4.04. The lowest BCUT2D eigenvalue weighted by Gasteiger charge is -2.04. The summed E-state index contributed by atoms with van der Waals surface area (Å²) in [7, 11) is 1.62. The molecule has 0 saturated carbocycles. The lowest BCUT2D eigenvalue weighted by Crippen LogP contribution is -2.12. The maximum atomic E-state index is 12.3. The van der Waals surface area contributed by atoms with E-state index < -0.39 is 0 Å². The Kier molecular flexibility index (Phi) is 5.98. The summed E-state index contributed by atoms with van der Waals surface area (Å²) >= 11 is 1.21. The van der Waals surface area contributed by atoms with Gasteiger partial charge in [0.05, 0.1) is 17.7 Å². The largest absolute Gasteiger partial charge is 0.497 e. The van der Waals surface area contributed by atoms with Crippen LogP contribution in [0.15, 0.2) is 54.6 Å². The van der Waals surface area contributed by atoms with Crippen molar-refractivity contribution in [3.8, 4) is 17.0 Å². The summed E-state index contributed by atoms with van der Waals surface area (Å²) < 4.78 is 5.13. The van der Waals surface area contributed by atoms with E-state index in [4.69, 9.17) is 4.74 Å². The Hall–Kier alpha value is -2.99. The number of ketones is 1. The van der Waals surface area contributed by atoms with E-state index in [1.165, 1.54) is 18.3 Å². The van der Waals surface area contributed by atoms with Gasteiger partial charge in [0.2, 0.25) is 5.91 Å². The van der Waals surface area contributed by atoms with Gasteiger partial charge in [-0.2, -0.15) is 0 Å². The van der Waals surface area contributed by atoms with Crippen molar-refractivity contribution >= 4 is 28.2 Å². The van der Waals surface area contributed by atoms with Gasteiger partial charge in [0.15, 0.2) is 10.9 Å². The van der Waals surface area contributed by atoms with Gasteiger partial charge in [0, 0.05) is 18.9 Å². The maximum Gasteiger partial charge on any atom is 0.226 e. The number of benzene rings is 2. The van der Waals surface area contributed by atoms with Crippen LogP contribution in [0.1, 0.15) is 28.6 Å². The summed E-state index contributed by atoms with van der Waals surface area (Å²) in [6.07, 6.45) is 0.953. The highest BCUT2D eigenvalue weighted by Crippen LogP contribution is 2.31. The normalized spacial score (nSPS) is 10.4. The molecule has 6 heteroatoms. The second-order valence-corrected chi connectivity index (χ2v) is 7.01. The first-order chi connectivity index (χ1) is 13.1. The van der Waals surface area contributed by atoms with Crippen molar-refractivity contribution < 1.29 is 14.3 Å². The number of hydrogen-bond acceptors (Lipinski definition) is 5. The molecule has 1 N–H and O–H groups in total. The number of thiazole rings is 1. The van der Waals surface area contributed by atoms with Crippen molar-refractivity contribution in [1.29, 1.82) is 0 Å². The molecule has 0 atom stereocenters. The number of rotatable bonds is 7. The minimum absolute atomic E-state index is 0.0647. The minimum atomic E-state index is -0.130. The number of aryl methyl sites for hydroxylation is 1. The molecule has 138 valence electrons. The number of amides is 1. The zero-order valence-corrected chi connectivity index (χ0v) is 16.0. The van der Waals surface area contributed by atoms with Crippen molar-refractivity contribution in [1.82, 2.24) is 4.98 Å². The second kappa shape index (κ2) is 8.60. The van der Waals surface area contributed by atoms with Crippen LogP contribution in [0.4, 0.5) is 5.13 Å². The highest BCUT2D eigenvalue weighted by atomic mass is 32.1. The van der Waals surface area contributed by atoms with Crippen LogP contribution in [-0.2, 0) is 11.2 Å². The van der Waals surface area contributed by atoms with Gasteiger partial charge in [-0.3, -0.25) is 9.59 Å². The van der Waals surface area contributed by atoms with E-state index in [0.29, 0.717) is 28.5 Å². The van der Waals surface area contributed by atoms with Gasteiger partial charge in [0.25, 0.3) is 0 Å². The van der Waals surface area contributed by atoms with Crippen LogP contribution in [0.3, 0.4) is 0 Å². The molecular formula is C21H20N2O3S. The van der Waals surface area contributed by atoms with Crippen LogP contribution in [-0.4, -0.2) is 23.8 Å². The number of nitrogens with zero attached hydrogens (tertiary/aromatic N) is 1. The predicted molar refractivity (Wildman–Crippen MR) is 107 cm³/mol. The van der Waals surface area contributed by atoms with E-state index in [1.807, 2.05) is 54.6 Å². The lowest BCUT2D eigenvalue weighted by molar-refractivity contribution is -0.116. The topological polar surface area (TPSA) is 68.3 Å². The first-order valence-corrected chi connectivity index (χ1v) is 9.38. The number of carbonyl (C=O) groups is 2. The van der Waals surface area contributed by atoms with E-state index >= 15 is 0 Å². The van der Waals surface area contributed by atoms with E-state index in [-0.39, 0.29) is 11.7 Å². The monoisotopic (exact) mass is 380 g/mol. The van der Waals surface area contributed by atoms with Crippen molar-refractivity contribution in [3.05, 3.63) is 65.0 Å². The van der Waals surface area contributed by atoms with Gasteiger partial charge in [-0.25, -0.2) is 4.98 Å². The average molecular weight is 380 g/mol. The number of anilines is 1. The van der Waals surface area contributed by atoms with Crippen molar-refractivity contribution in [2.24, 2.45) is 0 Å². The van der Waals surface area contributed by atoms with Gasteiger partial charge in [-0.05, 0) is 24.1 Å². The molecule has 0 unspecified atom stereocenters. The molecule has 0 bridgehead atoms. The highest BCUT2D eigenvalue weighted by Gasteiger charge is 2.17. The summed E-state index contributed by atoms with van der Waals surface area (Å²) in [5.74, 6) is 0.593. The van der Waals surface area contributed by atoms with E-state index in [1.54, 1.807) is 7.11 Å². The Labute approximate surface area is 162 Å². The van der Waals surface area contributed by atoms with E-state index in [0.717, 1.165) is 16.9 Å². The molecule has 3 rings (SSSR count). The average Bonchev–Trinajstić information content (AvgIpc) is 3.11. The fraction of sp³-hybridized carbons (Fsp3) is 0.190. The number of hydrogen-bond donors (Lipinski definition) is 1. The zero-order valence-electron chi connectivity index (χ0n) is 15.2. The minimum Gasteiger partial charge on any atom is -0.497 e. The van der Waals surface area contributed by atoms with Crippen LogP contribution in [0.5, 0.6) is 5.75 Å². The Morgan fingerprint density at radius 2 is 1.78 bits per heavy atom. The van der Waals surface area contributed by atoms with Crippen LogP contribution >= 0.6 is 11.3 Å². The fourth-order valence-corrected chi connectivity index (χ4v) is 3.53. The third-order valence-corrected chi connectivity index (χ3v) is 5.11. The Morgan fingerprint density at radius 1 is 1.07 bits per heavy atom. The highest BCUT2D eigenvalue weighted by molar-refractivity contribution is 7.18. The molecule has 0 spiro atoms. The molecule has 27 heavy (non-hydrogen) atoms. The molecule has 0 saturated heterocycles. The van der Waals surface area contributed by atoms with Crippen molar-refractivity contribution in [2.75, 3.05) is 12.4 Å². The molecule has 0 aliphatic carbocycles. The smallest absolute Gasteiger partial charge is 0.226 e. The van der Waals surface area contributed by atoms with Crippen LogP contribution in [0.25, 0.3) is 11.3 Å². The van der Waals surface area contributed by atoms with E-state index in [2.05, 4.69) is 10.3 Å². The maximum absolute atomic E-state index is 12.3. The van der Waals surface area contributed by atoms with Gasteiger partial charge < -0.3 is 10.1 Å². The quantitative estimate of drug-likeness (QED) is 0.609. The molecule has 3 aromatic rings. The van der Waals surface area contributed by atoms with Gasteiger partial charge in [-0.1, -0.05) is 53.8 Å². The first kappa shape index (κ1) is 18.8. The van der Waals surface area contributed by atoms with Crippen molar-refractivity contribution in [3.63, 3.8) is 0 Å². The number of Topliss-reactive ketones (excluding diaryl/α,β-unsaturated/α-hetero) is 1. The second-order valence-electron chi connectivity index (χ2n) is 6.02. The number of nitrogens with one attached hydrogen (secondary N) is 1. The van der Waals surface area contributed by atoms with Crippen LogP contribution < -0.4 is 10.1 Å². The van der Waals surface area contributed by atoms with Crippen LogP contribution in [0.2, 0.25) is 0 Å². The lowest BCUT2D eigenvalue weighted by atomic mass is 10.1. The molecular weight excluding hydrogens is 360 g/mol. The standard InChI is InChI=1S/C21H20N2O3S/c1-14(24)20-19(16-6-4-3-5-7-16)23-21(27-20)22-18(25)13-10-15-8-11-17(26-2)12-9-15/h3-9,11-12H,10,13H2,1-2H3,(H,22,23,25). The number of methoxy groups -OCH3 is 1. The molecule has 1 heterocycles. The third kappa shape index (κ3) is 4.80. The summed E-state index contributed by atoms with van der Waals surface area (Å²) in [6.45, 7) is 1.51. The van der Waals surface area contributed by atoms with Crippen molar-refractivity contribution in [2.45, 2.75) is 19.8 Å². The molecule has 0 fully saturated rings. The number of carbonyl (C=O) groups excluding carboxylic acids is 2. The Balaban J connectivity index is 1.67. The molecule has 0 aliphatic rings. The van der Waals surface area contributed by atoms with E-state index in [9.17, 15) is 9.59 Å². The van der Waals surface area contributed by atoms with Gasteiger partial charge in [0.1, 0.15) is 5.75 Å². The summed E-state index contributed by atoms with van der Waals surface area (Å²) in [5, 5.41) is 3.26. The molecule has 2 aromatic carbocycles.